The molecule has 0 bridgehead atoms. The third-order valence-corrected chi connectivity index (χ3v) is 5.93. The van der Waals surface area contributed by atoms with Crippen LogP contribution in [0, 0.1) is 24.0 Å². The lowest BCUT2D eigenvalue weighted by Crippen LogP contribution is -2.16. The predicted octanol–water partition coefficient (Wildman–Crippen LogP) is 4.26. The highest BCUT2D eigenvalue weighted by Gasteiger charge is 2.18. The van der Waals surface area contributed by atoms with Gasteiger partial charge in [0.05, 0.1) is 26.8 Å². The van der Waals surface area contributed by atoms with Crippen molar-refractivity contribution in [2.75, 3.05) is 10.0 Å². The number of carbonyl (C=O) groups excluding carboxylic acids is 1. The molecule has 154 valence electrons. The summed E-state index contributed by atoms with van der Waals surface area (Å²) in [6.45, 7) is 3.26. The zero-order valence-corrected chi connectivity index (χ0v) is 17.1. The van der Waals surface area contributed by atoms with Gasteiger partial charge in [-0.05, 0) is 49.7 Å². The van der Waals surface area contributed by atoms with E-state index in [4.69, 9.17) is 0 Å². The van der Waals surface area contributed by atoms with E-state index in [-0.39, 0.29) is 21.8 Å². The molecule has 0 spiro atoms. The number of anilines is 2. The van der Waals surface area contributed by atoms with Crippen molar-refractivity contribution in [3.05, 3.63) is 93.5 Å². The summed E-state index contributed by atoms with van der Waals surface area (Å²) < 4.78 is 27.7. The van der Waals surface area contributed by atoms with Gasteiger partial charge < -0.3 is 5.32 Å². The zero-order chi connectivity index (χ0) is 21.9. The fraction of sp³-hybridized carbons (Fsp3) is 0.0952. The summed E-state index contributed by atoms with van der Waals surface area (Å²) in [6.07, 6.45) is 0. The average Bonchev–Trinajstić information content (AvgIpc) is 2.71. The van der Waals surface area contributed by atoms with Crippen LogP contribution in [0.15, 0.2) is 71.6 Å². The molecule has 0 atom stereocenters. The number of hydrogen-bond acceptors (Lipinski definition) is 5. The number of hydrogen-bond donors (Lipinski definition) is 2. The molecule has 0 radical (unpaired) electrons. The van der Waals surface area contributed by atoms with Gasteiger partial charge in [-0.25, -0.2) is 8.42 Å². The molecule has 0 aromatic heterocycles. The lowest BCUT2D eigenvalue weighted by molar-refractivity contribution is -0.385. The first-order valence-electron chi connectivity index (χ1n) is 8.93. The number of carbonyl (C=O) groups is 1. The third kappa shape index (κ3) is 4.47. The summed E-state index contributed by atoms with van der Waals surface area (Å²) >= 11 is 0. The van der Waals surface area contributed by atoms with Crippen molar-refractivity contribution in [3.63, 3.8) is 0 Å². The molecule has 0 fully saturated rings. The van der Waals surface area contributed by atoms with Gasteiger partial charge in [0.15, 0.2) is 0 Å². The molecular weight excluding hydrogens is 406 g/mol. The van der Waals surface area contributed by atoms with Crippen molar-refractivity contribution >= 4 is 33.0 Å². The van der Waals surface area contributed by atoms with Crippen LogP contribution < -0.4 is 10.0 Å². The van der Waals surface area contributed by atoms with Gasteiger partial charge in [0.25, 0.3) is 21.6 Å². The average molecular weight is 425 g/mol. The van der Waals surface area contributed by atoms with E-state index in [9.17, 15) is 23.3 Å². The predicted molar refractivity (Wildman–Crippen MR) is 114 cm³/mol. The number of rotatable bonds is 6. The van der Waals surface area contributed by atoms with Crippen LogP contribution in [0.3, 0.4) is 0 Å². The van der Waals surface area contributed by atoms with Crippen LogP contribution in [-0.2, 0) is 10.0 Å². The standard InChI is InChI=1S/C21H19N3O5S/c1-14-11-12-16(13-19(14)23-30(28,29)17-7-4-3-5-8-17)21(25)22-18-9-6-10-20(15(18)2)24(26)27/h3-13,23H,1-2H3,(H,22,25). The number of nitrogens with zero attached hydrogens (tertiary/aromatic N) is 1. The van der Waals surface area contributed by atoms with Gasteiger partial charge in [-0.3, -0.25) is 19.6 Å². The molecule has 2 N–H and O–H groups in total. The third-order valence-electron chi connectivity index (χ3n) is 4.55. The Balaban J connectivity index is 1.88. The largest absolute Gasteiger partial charge is 0.321 e. The number of sulfonamides is 1. The van der Waals surface area contributed by atoms with E-state index < -0.39 is 20.9 Å². The number of amides is 1. The molecule has 0 unspecified atom stereocenters. The van der Waals surface area contributed by atoms with Crippen LogP contribution in [0.4, 0.5) is 17.1 Å². The topological polar surface area (TPSA) is 118 Å². The van der Waals surface area contributed by atoms with E-state index in [1.165, 1.54) is 30.3 Å². The molecule has 9 heteroatoms. The van der Waals surface area contributed by atoms with E-state index in [0.29, 0.717) is 16.8 Å². The molecule has 0 aliphatic rings. The van der Waals surface area contributed by atoms with Crippen molar-refractivity contribution in [1.29, 1.82) is 0 Å². The Morgan fingerprint density at radius 1 is 0.933 bits per heavy atom. The van der Waals surface area contributed by atoms with Crippen molar-refractivity contribution in [3.8, 4) is 0 Å². The van der Waals surface area contributed by atoms with Crippen molar-refractivity contribution in [2.45, 2.75) is 18.7 Å². The Morgan fingerprint density at radius 3 is 2.30 bits per heavy atom. The van der Waals surface area contributed by atoms with Crippen molar-refractivity contribution in [2.24, 2.45) is 0 Å². The van der Waals surface area contributed by atoms with Gasteiger partial charge in [0, 0.05) is 11.6 Å². The van der Waals surface area contributed by atoms with Crippen LogP contribution in [-0.4, -0.2) is 19.2 Å². The first kappa shape index (κ1) is 21.0. The van der Waals surface area contributed by atoms with E-state index in [1.807, 2.05) is 0 Å². The molecule has 0 aliphatic carbocycles. The molecule has 0 saturated heterocycles. The Kier molecular flexibility index (Phi) is 5.84. The van der Waals surface area contributed by atoms with Gasteiger partial charge in [0.2, 0.25) is 0 Å². The minimum Gasteiger partial charge on any atom is -0.321 e. The molecule has 3 rings (SSSR count). The zero-order valence-electron chi connectivity index (χ0n) is 16.2. The minimum atomic E-state index is -3.82. The van der Waals surface area contributed by atoms with Crippen LogP contribution >= 0.6 is 0 Å². The second kappa shape index (κ2) is 8.34. The fourth-order valence-electron chi connectivity index (χ4n) is 2.83. The summed E-state index contributed by atoms with van der Waals surface area (Å²) in [5.41, 5.74) is 1.64. The highest BCUT2D eigenvalue weighted by molar-refractivity contribution is 7.92. The monoisotopic (exact) mass is 425 g/mol. The molecular formula is C21H19N3O5S. The summed E-state index contributed by atoms with van der Waals surface area (Å²) in [5, 5.41) is 13.7. The van der Waals surface area contributed by atoms with E-state index in [2.05, 4.69) is 10.0 Å². The second-order valence-corrected chi connectivity index (χ2v) is 8.29. The second-order valence-electron chi connectivity index (χ2n) is 6.61. The Bertz CT molecular complexity index is 1220. The van der Waals surface area contributed by atoms with Gasteiger partial charge in [-0.1, -0.05) is 30.3 Å². The normalized spacial score (nSPS) is 11.0. The number of aryl methyl sites for hydroxylation is 1. The van der Waals surface area contributed by atoms with E-state index in [1.54, 1.807) is 50.2 Å². The van der Waals surface area contributed by atoms with Crippen LogP contribution in [0.5, 0.6) is 0 Å². The van der Waals surface area contributed by atoms with Gasteiger partial charge in [-0.2, -0.15) is 0 Å². The molecule has 0 heterocycles. The van der Waals surface area contributed by atoms with E-state index >= 15 is 0 Å². The lowest BCUT2D eigenvalue weighted by Gasteiger charge is -2.13. The first-order chi connectivity index (χ1) is 14.2. The maximum absolute atomic E-state index is 12.7. The summed E-state index contributed by atoms with van der Waals surface area (Å²) in [6, 6.07) is 16.9. The van der Waals surface area contributed by atoms with Crippen molar-refractivity contribution in [1.82, 2.24) is 0 Å². The Labute approximate surface area is 173 Å². The Hall–Kier alpha value is -3.72. The number of benzene rings is 3. The highest BCUT2D eigenvalue weighted by Crippen LogP contribution is 2.26. The quantitative estimate of drug-likeness (QED) is 0.452. The lowest BCUT2D eigenvalue weighted by atomic mass is 10.1. The molecule has 0 saturated carbocycles. The maximum atomic E-state index is 12.7. The maximum Gasteiger partial charge on any atom is 0.274 e. The number of nitro groups is 1. The Morgan fingerprint density at radius 2 is 1.63 bits per heavy atom. The molecule has 3 aromatic carbocycles. The number of nitrogens with one attached hydrogen (secondary N) is 2. The molecule has 30 heavy (non-hydrogen) atoms. The van der Waals surface area contributed by atoms with Crippen LogP contribution in [0.2, 0.25) is 0 Å². The van der Waals surface area contributed by atoms with Crippen molar-refractivity contribution < 1.29 is 18.1 Å². The summed E-state index contributed by atoms with van der Waals surface area (Å²) in [7, 11) is -3.82. The highest BCUT2D eigenvalue weighted by atomic mass is 32.2. The summed E-state index contributed by atoms with van der Waals surface area (Å²) in [4.78, 5) is 23.4. The van der Waals surface area contributed by atoms with Gasteiger partial charge in [0.1, 0.15) is 0 Å². The molecule has 3 aromatic rings. The van der Waals surface area contributed by atoms with Crippen LogP contribution in [0.1, 0.15) is 21.5 Å². The smallest absolute Gasteiger partial charge is 0.274 e. The fourth-order valence-corrected chi connectivity index (χ4v) is 3.97. The minimum absolute atomic E-state index is 0.103. The van der Waals surface area contributed by atoms with Gasteiger partial charge in [-0.15, -0.1) is 0 Å². The summed E-state index contributed by atoms with van der Waals surface area (Å²) in [5.74, 6) is -0.515. The first-order valence-corrected chi connectivity index (χ1v) is 10.4. The van der Waals surface area contributed by atoms with E-state index in [0.717, 1.165) is 0 Å². The van der Waals surface area contributed by atoms with Gasteiger partial charge >= 0.3 is 0 Å². The molecule has 0 aliphatic heterocycles. The SMILES string of the molecule is Cc1ccc(C(=O)Nc2cccc([N+](=O)[O-])c2C)cc1NS(=O)(=O)c1ccccc1. The van der Waals surface area contributed by atoms with Crippen LogP contribution in [0.25, 0.3) is 0 Å². The molecule has 8 nitrogen and oxygen atoms in total. The molecule has 1 amide bonds. The number of nitro benzene ring substituents is 1.